The van der Waals surface area contributed by atoms with Gasteiger partial charge in [-0.15, -0.1) is 0 Å². The first-order valence-electron chi connectivity index (χ1n) is 7.01. The van der Waals surface area contributed by atoms with Crippen LogP contribution in [-0.4, -0.2) is 18.5 Å². The number of carbonyl (C=O) groups excluding carboxylic acids is 2. The molecule has 2 aromatic rings. The molecule has 2 aromatic carbocycles. The molecule has 1 N–H and O–H groups in total. The predicted octanol–water partition coefficient (Wildman–Crippen LogP) is 4.35. The van der Waals surface area contributed by atoms with Crippen molar-refractivity contribution in [1.82, 2.24) is 0 Å². The number of halogens is 2. The molecule has 0 atom stereocenters. The number of hydrogen-bond acceptors (Lipinski definition) is 3. The number of esters is 1. The van der Waals surface area contributed by atoms with Crippen molar-refractivity contribution in [3.05, 3.63) is 63.6 Å². The summed E-state index contributed by atoms with van der Waals surface area (Å²) < 4.78 is 4.98. The number of hydrogen-bond donors (Lipinski definition) is 1. The summed E-state index contributed by atoms with van der Waals surface area (Å²) in [5, 5.41) is 3.30. The van der Waals surface area contributed by atoms with Gasteiger partial charge >= 0.3 is 5.97 Å². The van der Waals surface area contributed by atoms with Crippen molar-refractivity contribution in [1.29, 1.82) is 0 Å². The van der Waals surface area contributed by atoms with Gasteiger partial charge in [0.1, 0.15) is 0 Å². The second kappa shape index (κ2) is 7.99. The summed E-state index contributed by atoms with van der Waals surface area (Å²) in [6.45, 7) is 1.59. The Morgan fingerprint density at radius 3 is 2.61 bits per heavy atom. The third-order valence-electron chi connectivity index (χ3n) is 3.16. The molecule has 23 heavy (non-hydrogen) atoms. The van der Waals surface area contributed by atoms with Gasteiger partial charge in [0.05, 0.1) is 10.6 Å². The third kappa shape index (κ3) is 4.71. The van der Waals surface area contributed by atoms with Gasteiger partial charge in [0.25, 0.3) is 5.91 Å². The van der Waals surface area contributed by atoms with Crippen molar-refractivity contribution < 1.29 is 14.3 Å². The predicted molar refractivity (Wildman–Crippen MR) is 91.2 cm³/mol. The lowest BCUT2D eigenvalue weighted by atomic mass is 10.1. The maximum atomic E-state index is 12.0. The summed E-state index contributed by atoms with van der Waals surface area (Å²) >= 11 is 11.7. The van der Waals surface area contributed by atoms with Gasteiger partial charge in [-0.3, -0.25) is 4.79 Å². The van der Waals surface area contributed by atoms with Gasteiger partial charge in [-0.1, -0.05) is 48.3 Å². The molecule has 0 bridgehead atoms. The van der Waals surface area contributed by atoms with Crippen LogP contribution in [0.25, 0.3) is 0 Å². The number of carbonyl (C=O) groups is 2. The van der Waals surface area contributed by atoms with Crippen LogP contribution in [-0.2, 0) is 16.0 Å². The van der Waals surface area contributed by atoms with Gasteiger partial charge < -0.3 is 10.1 Å². The minimum absolute atomic E-state index is 0.126. The van der Waals surface area contributed by atoms with Crippen LogP contribution >= 0.6 is 23.2 Å². The van der Waals surface area contributed by atoms with E-state index in [1.807, 2.05) is 25.1 Å². The molecule has 0 radical (unpaired) electrons. The first kappa shape index (κ1) is 17.3. The standard InChI is InChI=1S/C17H15Cl2NO3/c1-2-11-5-3-4-6-15(11)20-16(21)10-23-17(22)13-9-12(18)7-8-14(13)19/h3-9H,2,10H2,1H3,(H,20,21). The fraction of sp³-hybridized carbons (Fsp3) is 0.176. The van der Waals surface area contributed by atoms with Crippen LogP contribution in [0.2, 0.25) is 10.0 Å². The number of nitrogens with one attached hydrogen (secondary N) is 1. The maximum absolute atomic E-state index is 12.0. The highest BCUT2D eigenvalue weighted by molar-refractivity contribution is 6.35. The Bertz CT molecular complexity index is 732. The van der Waals surface area contributed by atoms with Crippen LogP contribution < -0.4 is 5.32 Å². The van der Waals surface area contributed by atoms with Gasteiger partial charge in [-0.2, -0.15) is 0 Å². The Balaban J connectivity index is 1.96. The van der Waals surface area contributed by atoms with Crippen LogP contribution in [0, 0.1) is 0 Å². The topological polar surface area (TPSA) is 55.4 Å². The van der Waals surface area contributed by atoms with Crippen LogP contribution in [0.3, 0.4) is 0 Å². The second-order valence-corrected chi connectivity index (χ2v) is 5.60. The molecule has 0 aromatic heterocycles. The molecule has 0 saturated carbocycles. The average Bonchev–Trinajstić information content (AvgIpc) is 2.55. The molecular formula is C17H15Cl2NO3. The lowest BCUT2D eigenvalue weighted by Crippen LogP contribution is -2.21. The molecule has 2 rings (SSSR count). The van der Waals surface area contributed by atoms with Gasteiger partial charge in [0, 0.05) is 10.7 Å². The molecule has 0 saturated heterocycles. The van der Waals surface area contributed by atoms with E-state index in [1.165, 1.54) is 12.1 Å². The molecule has 0 heterocycles. The second-order valence-electron chi connectivity index (χ2n) is 4.76. The van der Waals surface area contributed by atoms with Gasteiger partial charge in [0.2, 0.25) is 0 Å². The largest absolute Gasteiger partial charge is 0.452 e. The Labute approximate surface area is 144 Å². The summed E-state index contributed by atoms with van der Waals surface area (Å²) in [7, 11) is 0. The third-order valence-corrected chi connectivity index (χ3v) is 3.72. The van der Waals surface area contributed by atoms with Crippen molar-refractivity contribution in [2.45, 2.75) is 13.3 Å². The molecule has 0 unspecified atom stereocenters. The zero-order valence-electron chi connectivity index (χ0n) is 12.4. The molecule has 1 amide bonds. The van der Waals surface area contributed by atoms with Crippen LogP contribution in [0.1, 0.15) is 22.8 Å². The molecule has 0 aliphatic heterocycles. The van der Waals surface area contributed by atoms with E-state index < -0.39 is 18.5 Å². The van der Waals surface area contributed by atoms with Crippen LogP contribution in [0.5, 0.6) is 0 Å². The van der Waals surface area contributed by atoms with E-state index >= 15 is 0 Å². The Morgan fingerprint density at radius 2 is 1.87 bits per heavy atom. The van der Waals surface area contributed by atoms with E-state index in [1.54, 1.807) is 12.1 Å². The lowest BCUT2D eigenvalue weighted by molar-refractivity contribution is -0.119. The number of rotatable bonds is 5. The quantitative estimate of drug-likeness (QED) is 0.814. The number of aryl methyl sites for hydroxylation is 1. The monoisotopic (exact) mass is 351 g/mol. The minimum atomic E-state index is -0.698. The first-order chi connectivity index (χ1) is 11.0. The van der Waals surface area contributed by atoms with Gasteiger partial charge in [0.15, 0.2) is 6.61 Å². The van der Waals surface area contributed by atoms with E-state index in [2.05, 4.69) is 5.32 Å². The SMILES string of the molecule is CCc1ccccc1NC(=O)COC(=O)c1cc(Cl)ccc1Cl. The lowest BCUT2D eigenvalue weighted by Gasteiger charge is -2.10. The molecule has 0 fully saturated rings. The summed E-state index contributed by atoms with van der Waals surface area (Å²) in [6, 6.07) is 11.9. The summed E-state index contributed by atoms with van der Waals surface area (Å²) in [5.74, 6) is -1.12. The Kier molecular flexibility index (Phi) is 6.02. The highest BCUT2D eigenvalue weighted by Gasteiger charge is 2.15. The maximum Gasteiger partial charge on any atom is 0.340 e. The van der Waals surface area contributed by atoms with Gasteiger partial charge in [-0.05, 0) is 36.2 Å². The van der Waals surface area contributed by atoms with Crippen molar-refractivity contribution in [3.63, 3.8) is 0 Å². The molecule has 0 aliphatic rings. The van der Waals surface area contributed by atoms with Crippen molar-refractivity contribution in [3.8, 4) is 0 Å². The van der Waals surface area contributed by atoms with Crippen molar-refractivity contribution in [2.75, 3.05) is 11.9 Å². The van der Waals surface area contributed by atoms with E-state index in [0.717, 1.165) is 12.0 Å². The normalized spacial score (nSPS) is 10.2. The summed E-state index contributed by atoms with van der Waals surface area (Å²) in [5.41, 5.74) is 1.84. The number of para-hydroxylation sites is 1. The van der Waals surface area contributed by atoms with E-state index in [9.17, 15) is 9.59 Å². The molecule has 0 spiro atoms. The zero-order chi connectivity index (χ0) is 16.8. The molecule has 6 heteroatoms. The fourth-order valence-corrected chi connectivity index (χ4v) is 2.37. The fourth-order valence-electron chi connectivity index (χ4n) is 2.00. The summed E-state index contributed by atoms with van der Waals surface area (Å²) in [6.07, 6.45) is 0.786. The molecule has 120 valence electrons. The summed E-state index contributed by atoms with van der Waals surface area (Å²) in [4.78, 5) is 23.9. The highest BCUT2D eigenvalue weighted by atomic mass is 35.5. The van der Waals surface area contributed by atoms with Gasteiger partial charge in [-0.25, -0.2) is 4.79 Å². The van der Waals surface area contributed by atoms with E-state index in [0.29, 0.717) is 10.7 Å². The number of amides is 1. The van der Waals surface area contributed by atoms with Crippen molar-refractivity contribution in [2.24, 2.45) is 0 Å². The molecule has 4 nitrogen and oxygen atoms in total. The van der Waals surface area contributed by atoms with E-state index in [4.69, 9.17) is 27.9 Å². The molecule has 0 aliphatic carbocycles. The zero-order valence-corrected chi connectivity index (χ0v) is 13.9. The minimum Gasteiger partial charge on any atom is -0.452 e. The van der Waals surface area contributed by atoms with Crippen molar-refractivity contribution >= 4 is 40.8 Å². The number of benzene rings is 2. The number of anilines is 1. The first-order valence-corrected chi connectivity index (χ1v) is 7.76. The average molecular weight is 352 g/mol. The Hall–Kier alpha value is -2.04. The smallest absolute Gasteiger partial charge is 0.340 e. The highest BCUT2D eigenvalue weighted by Crippen LogP contribution is 2.21. The van der Waals surface area contributed by atoms with Crippen LogP contribution in [0.4, 0.5) is 5.69 Å². The number of ether oxygens (including phenoxy) is 1. The Morgan fingerprint density at radius 1 is 1.13 bits per heavy atom. The molecular weight excluding hydrogens is 337 g/mol. The van der Waals surface area contributed by atoms with E-state index in [-0.39, 0.29) is 10.6 Å². The van der Waals surface area contributed by atoms with Crippen LogP contribution in [0.15, 0.2) is 42.5 Å².